The third-order valence-corrected chi connectivity index (χ3v) is 4.95. The van der Waals surface area contributed by atoms with Crippen LogP contribution in [0.15, 0.2) is 29.8 Å². The van der Waals surface area contributed by atoms with Crippen LogP contribution in [0.4, 0.5) is 5.13 Å². The van der Waals surface area contributed by atoms with Crippen molar-refractivity contribution in [3.8, 4) is 0 Å². The number of hydrogen-bond acceptors (Lipinski definition) is 6. The largest absolute Gasteiger partial charge is 0.465 e. The van der Waals surface area contributed by atoms with Crippen molar-refractivity contribution in [2.45, 2.75) is 26.2 Å². The van der Waals surface area contributed by atoms with Crippen molar-refractivity contribution in [1.82, 2.24) is 10.2 Å². The third kappa shape index (κ3) is 4.28. The maximum Gasteiger partial charge on any atom is 0.309 e. The molecular formula is C17H21N3O2S. The molecule has 0 aliphatic carbocycles. The summed E-state index contributed by atoms with van der Waals surface area (Å²) in [6, 6.07) is 8.34. The molecular weight excluding hydrogens is 310 g/mol. The molecule has 23 heavy (non-hydrogen) atoms. The normalized spacial score (nSPS) is 15.6. The van der Waals surface area contributed by atoms with Crippen molar-refractivity contribution >= 4 is 22.4 Å². The molecule has 5 nitrogen and oxygen atoms in total. The molecule has 0 amide bonds. The van der Waals surface area contributed by atoms with Gasteiger partial charge in [-0.1, -0.05) is 41.2 Å². The fourth-order valence-electron chi connectivity index (χ4n) is 2.75. The molecule has 2 heterocycles. The average Bonchev–Trinajstić information content (AvgIpc) is 3.11. The number of esters is 1. The van der Waals surface area contributed by atoms with Gasteiger partial charge in [0.1, 0.15) is 5.51 Å². The SMILES string of the molecule is Cc1ccc(CCOC(=O)C2CCN(c3nncs3)CC2)cc1. The molecule has 1 aromatic heterocycles. The van der Waals surface area contributed by atoms with Crippen molar-refractivity contribution in [2.75, 3.05) is 24.6 Å². The lowest BCUT2D eigenvalue weighted by Gasteiger charge is -2.30. The summed E-state index contributed by atoms with van der Waals surface area (Å²) >= 11 is 1.54. The van der Waals surface area contributed by atoms with E-state index in [0.717, 1.165) is 37.5 Å². The minimum absolute atomic E-state index is 0.0113. The molecule has 1 fully saturated rings. The maximum atomic E-state index is 12.2. The number of nitrogens with zero attached hydrogens (tertiary/aromatic N) is 3. The van der Waals surface area contributed by atoms with Gasteiger partial charge >= 0.3 is 5.97 Å². The second kappa shape index (κ2) is 7.55. The van der Waals surface area contributed by atoms with Crippen LogP contribution in [0.2, 0.25) is 0 Å². The van der Waals surface area contributed by atoms with Gasteiger partial charge in [-0.25, -0.2) is 0 Å². The number of carbonyl (C=O) groups excluding carboxylic acids is 1. The number of hydrogen-bond donors (Lipinski definition) is 0. The highest BCUT2D eigenvalue weighted by Crippen LogP contribution is 2.24. The number of piperidine rings is 1. The summed E-state index contributed by atoms with van der Waals surface area (Å²) in [6.45, 7) is 4.20. The minimum atomic E-state index is -0.0611. The van der Waals surface area contributed by atoms with E-state index in [9.17, 15) is 4.79 Å². The number of ether oxygens (including phenoxy) is 1. The first kappa shape index (κ1) is 15.9. The van der Waals surface area contributed by atoms with E-state index in [0.29, 0.717) is 6.61 Å². The highest BCUT2D eigenvalue weighted by atomic mass is 32.1. The predicted octanol–water partition coefficient (Wildman–Crippen LogP) is 2.85. The molecule has 1 aliphatic rings. The first-order chi connectivity index (χ1) is 11.2. The van der Waals surface area contributed by atoms with Crippen molar-refractivity contribution < 1.29 is 9.53 Å². The summed E-state index contributed by atoms with van der Waals surface area (Å²) in [5.41, 5.74) is 4.18. The van der Waals surface area contributed by atoms with Crippen molar-refractivity contribution in [3.05, 3.63) is 40.9 Å². The van der Waals surface area contributed by atoms with Gasteiger partial charge in [0.25, 0.3) is 0 Å². The Kier molecular flexibility index (Phi) is 5.23. The Morgan fingerprint density at radius 3 is 2.70 bits per heavy atom. The van der Waals surface area contributed by atoms with E-state index < -0.39 is 0 Å². The lowest BCUT2D eigenvalue weighted by Crippen LogP contribution is -2.37. The van der Waals surface area contributed by atoms with E-state index in [4.69, 9.17) is 4.74 Å². The third-order valence-electron chi connectivity index (χ3n) is 4.20. The number of carbonyl (C=O) groups is 1. The number of rotatable bonds is 5. The highest BCUT2D eigenvalue weighted by Gasteiger charge is 2.27. The Morgan fingerprint density at radius 2 is 2.04 bits per heavy atom. The maximum absolute atomic E-state index is 12.2. The van der Waals surface area contributed by atoms with E-state index in [2.05, 4.69) is 46.3 Å². The average molecular weight is 331 g/mol. The van der Waals surface area contributed by atoms with Crippen LogP contribution in [0.5, 0.6) is 0 Å². The zero-order chi connectivity index (χ0) is 16.1. The van der Waals surface area contributed by atoms with Crippen LogP contribution in [0.3, 0.4) is 0 Å². The van der Waals surface area contributed by atoms with Crippen LogP contribution in [-0.4, -0.2) is 35.9 Å². The van der Waals surface area contributed by atoms with Crippen LogP contribution in [0.1, 0.15) is 24.0 Å². The van der Waals surface area contributed by atoms with E-state index in [1.54, 1.807) is 5.51 Å². The molecule has 3 rings (SSSR count). The Labute approximate surface area is 140 Å². The smallest absolute Gasteiger partial charge is 0.309 e. The van der Waals surface area contributed by atoms with Crippen LogP contribution >= 0.6 is 11.3 Å². The lowest BCUT2D eigenvalue weighted by molar-refractivity contribution is -0.149. The molecule has 0 bridgehead atoms. The van der Waals surface area contributed by atoms with Crippen LogP contribution in [0, 0.1) is 12.8 Å². The van der Waals surface area contributed by atoms with Crippen LogP contribution < -0.4 is 4.90 Å². The van der Waals surface area contributed by atoms with Gasteiger partial charge in [0.15, 0.2) is 0 Å². The molecule has 6 heteroatoms. The van der Waals surface area contributed by atoms with Gasteiger partial charge in [-0.15, -0.1) is 10.2 Å². The Balaban J connectivity index is 1.40. The van der Waals surface area contributed by atoms with Gasteiger partial charge in [-0.05, 0) is 25.3 Å². The van der Waals surface area contributed by atoms with Gasteiger partial charge < -0.3 is 9.64 Å². The molecule has 0 saturated carbocycles. The van der Waals surface area contributed by atoms with Crippen LogP contribution in [-0.2, 0) is 16.0 Å². The quantitative estimate of drug-likeness (QED) is 0.789. The van der Waals surface area contributed by atoms with Crippen molar-refractivity contribution in [2.24, 2.45) is 5.92 Å². The molecule has 2 aromatic rings. The summed E-state index contributed by atoms with van der Waals surface area (Å²) in [6.07, 6.45) is 2.42. The molecule has 1 aromatic carbocycles. The second-order valence-corrected chi connectivity index (χ2v) is 6.70. The van der Waals surface area contributed by atoms with E-state index in [-0.39, 0.29) is 11.9 Å². The Bertz CT molecular complexity index is 620. The predicted molar refractivity (Wildman–Crippen MR) is 90.7 cm³/mol. The molecule has 122 valence electrons. The fraction of sp³-hybridized carbons (Fsp3) is 0.471. The molecule has 0 atom stereocenters. The first-order valence-electron chi connectivity index (χ1n) is 7.95. The lowest BCUT2D eigenvalue weighted by atomic mass is 9.97. The zero-order valence-electron chi connectivity index (χ0n) is 13.3. The summed E-state index contributed by atoms with van der Waals surface area (Å²) in [5.74, 6) is -0.0498. The van der Waals surface area contributed by atoms with Gasteiger partial charge in [-0.2, -0.15) is 0 Å². The van der Waals surface area contributed by atoms with Crippen molar-refractivity contribution in [1.29, 1.82) is 0 Å². The first-order valence-corrected chi connectivity index (χ1v) is 8.83. The van der Waals surface area contributed by atoms with E-state index in [1.165, 1.54) is 22.5 Å². The number of aryl methyl sites for hydroxylation is 1. The molecule has 0 radical (unpaired) electrons. The van der Waals surface area contributed by atoms with Gasteiger partial charge in [-0.3, -0.25) is 4.79 Å². The van der Waals surface area contributed by atoms with Gasteiger partial charge in [0.2, 0.25) is 5.13 Å². The standard InChI is InChI=1S/C17H21N3O2S/c1-13-2-4-14(5-3-13)8-11-22-16(21)15-6-9-20(10-7-15)17-19-18-12-23-17/h2-5,12,15H,6-11H2,1H3. The van der Waals surface area contributed by atoms with Gasteiger partial charge in [0.05, 0.1) is 12.5 Å². The number of aromatic nitrogens is 2. The number of benzene rings is 1. The van der Waals surface area contributed by atoms with E-state index >= 15 is 0 Å². The summed E-state index contributed by atoms with van der Waals surface area (Å²) in [7, 11) is 0. The Hall–Kier alpha value is -1.95. The van der Waals surface area contributed by atoms with Crippen LogP contribution in [0.25, 0.3) is 0 Å². The highest BCUT2D eigenvalue weighted by molar-refractivity contribution is 7.13. The minimum Gasteiger partial charge on any atom is -0.465 e. The topological polar surface area (TPSA) is 55.3 Å². The molecule has 0 N–H and O–H groups in total. The summed E-state index contributed by atoms with van der Waals surface area (Å²) in [5, 5.41) is 8.88. The van der Waals surface area contributed by atoms with Crippen molar-refractivity contribution in [3.63, 3.8) is 0 Å². The molecule has 1 saturated heterocycles. The second-order valence-electron chi connectivity index (χ2n) is 5.89. The monoisotopic (exact) mass is 331 g/mol. The zero-order valence-corrected chi connectivity index (χ0v) is 14.1. The summed E-state index contributed by atoms with van der Waals surface area (Å²) < 4.78 is 5.46. The fourth-order valence-corrected chi connectivity index (χ4v) is 3.37. The molecule has 0 unspecified atom stereocenters. The Morgan fingerprint density at radius 1 is 1.30 bits per heavy atom. The van der Waals surface area contributed by atoms with E-state index in [1.807, 2.05) is 0 Å². The number of anilines is 1. The van der Waals surface area contributed by atoms with Gasteiger partial charge in [0, 0.05) is 19.5 Å². The molecule has 0 spiro atoms. The molecule has 1 aliphatic heterocycles. The summed E-state index contributed by atoms with van der Waals surface area (Å²) in [4.78, 5) is 14.4.